The summed E-state index contributed by atoms with van der Waals surface area (Å²) in [5.74, 6) is -1.30. The molecule has 128 valence electrons. The number of nitrogens with zero attached hydrogens (tertiary/aromatic N) is 3. The molecule has 24 heavy (non-hydrogen) atoms. The Hall–Kier alpha value is -2.63. The van der Waals surface area contributed by atoms with Crippen LogP contribution in [0.2, 0.25) is 0 Å². The maximum atomic E-state index is 12.8. The van der Waals surface area contributed by atoms with Gasteiger partial charge >= 0.3 is 5.97 Å². The number of benzene rings is 1. The zero-order valence-corrected chi connectivity index (χ0v) is 14.3. The lowest BCUT2D eigenvalue weighted by Crippen LogP contribution is -2.42. The molecule has 1 N–H and O–H groups in total. The van der Waals surface area contributed by atoms with Gasteiger partial charge in [0, 0.05) is 11.7 Å². The molecule has 0 bridgehead atoms. The molecule has 0 fully saturated rings. The minimum Gasteiger partial charge on any atom is -0.480 e. The van der Waals surface area contributed by atoms with E-state index in [-0.39, 0.29) is 18.5 Å². The molecule has 0 radical (unpaired) electrons. The van der Waals surface area contributed by atoms with Gasteiger partial charge < -0.3 is 10.0 Å². The number of aliphatic carboxylic acids is 1. The fraction of sp³-hybridized carbons (Fsp3) is 0.389. The topological polar surface area (TPSA) is 75.4 Å². The summed E-state index contributed by atoms with van der Waals surface area (Å²) in [6.45, 7) is 5.88. The Morgan fingerprint density at radius 1 is 1.29 bits per heavy atom. The molecule has 2 rings (SSSR count). The summed E-state index contributed by atoms with van der Waals surface area (Å²) < 4.78 is 1.76. The first-order chi connectivity index (χ1) is 11.4. The van der Waals surface area contributed by atoms with Crippen molar-refractivity contribution in [2.45, 2.75) is 39.8 Å². The largest absolute Gasteiger partial charge is 0.480 e. The van der Waals surface area contributed by atoms with Gasteiger partial charge in [-0.15, -0.1) is 0 Å². The second-order valence-electron chi connectivity index (χ2n) is 5.87. The molecule has 1 aromatic heterocycles. The molecule has 0 aliphatic heterocycles. The lowest BCUT2D eigenvalue weighted by atomic mass is 10.1. The predicted octanol–water partition coefficient (Wildman–Crippen LogP) is 2.57. The minimum atomic E-state index is -1.02. The maximum absolute atomic E-state index is 12.8. The second-order valence-corrected chi connectivity index (χ2v) is 5.87. The number of rotatable bonds is 7. The van der Waals surface area contributed by atoms with E-state index in [2.05, 4.69) is 5.10 Å². The van der Waals surface area contributed by atoms with Gasteiger partial charge in [-0.25, -0.2) is 0 Å². The number of hydrogen-bond donors (Lipinski definition) is 1. The first-order valence-electron chi connectivity index (χ1n) is 8.03. The zero-order chi connectivity index (χ0) is 17.7. The van der Waals surface area contributed by atoms with Crippen molar-refractivity contribution in [2.24, 2.45) is 0 Å². The molecular weight excluding hydrogens is 306 g/mol. The first kappa shape index (κ1) is 17.7. The fourth-order valence-corrected chi connectivity index (χ4v) is 2.52. The first-order valence-corrected chi connectivity index (χ1v) is 8.03. The third kappa shape index (κ3) is 4.01. The molecule has 2 aromatic rings. The third-order valence-electron chi connectivity index (χ3n) is 4.20. The van der Waals surface area contributed by atoms with Gasteiger partial charge in [0.15, 0.2) is 0 Å². The van der Waals surface area contributed by atoms with E-state index in [1.165, 1.54) is 11.1 Å². The van der Waals surface area contributed by atoms with Gasteiger partial charge in [-0.2, -0.15) is 5.10 Å². The molecule has 0 saturated heterocycles. The molecular formula is C18H23N3O3. The highest BCUT2D eigenvalue weighted by atomic mass is 16.4. The van der Waals surface area contributed by atoms with Crippen molar-refractivity contribution in [3.63, 3.8) is 0 Å². The summed E-state index contributed by atoms with van der Waals surface area (Å²) in [7, 11) is 0. The van der Waals surface area contributed by atoms with Gasteiger partial charge in [-0.1, -0.05) is 37.3 Å². The smallest absolute Gasteiger partial charge is 0.323 e. The van der Waals surface area contributed by atoms with E-state index in [0.29, 0.717) is 18.5 Å². The highest BCUT2D eigenvalue weighted by Crippen LogP contribution is 2.15. The monoisotopic (exact) mass is 329 g/mol. The highest BCUT2D eigenvalue weighted by molar-refractivity contribution is 5.96. The van der Waals surface area contributed by atoms with Crippen LogP contribution in [0.15, 0.2) is 36.5 Å². The number of carbonyl (C=O) groups excluding carboxylic acids is 1. The van der Waals surface area contributed by atoms with Gasteiger partial charge in [0.25, 0.3) is 5.91 Å². The summed E-state index contributed by atoms with van der Waals surface area (Å²) in [4.78, 5) is 25.2. The van der Waals surface area contributed by atoms with Crippen molar-refractivity contribution in [1.29, 1.82) is 0 Å². The Bertz CT molecular complexity index is 710. The van der Waals surface area contributed by atoms with Gasteiger partial charge in [-0.3, -0.25) is 14.3 Å². The van der Waals surface area contributed by atoms with E-state index in [0.717, 1.165) is 11.3 Å². The molecule has 1 unspecified atom stereocenters. The van der Waals surface area contributed by atoms with Crippen molar-refractivity contribution in [3.05, 3.63) is 53.3 Å². The molecule has 0 aliphatic rings. The summed E-state index contributed by atoms with van der Waals surface area (Å²) >= 11 is 0. The molecule has 0 spiro atoms. The second kappa shape index (κ2) is 7.77. The van der Waals surface area contributed by atoms with Crippen LogP contribution in [0.5, 0.6) is 0 Å². The summed E-state index contributed by atoms with van der Waals surface area (Å²) in [6, 6.07) is 9.71. The van der Waals surface area contributed by atoms with Crippen molar-refractivity contribution in [1.82, 2.24) is 14.7 Å². The molecule has 6 nitrogen and oxygen atoms in total. The molecule has 1 amide bonds. The van der Waals surface area contributed by atoms with Crippen molar-refractivity contribution < 1.29 is 14.7 Å². The minimum absolute atomic E-state index is 0.148. The van der Waals surface area contributed by atoms with Crippen LogP contribution >= 0.6 is 0 Å². The number of carboxylic acid groups (broad SMARTS) is 1. The van der Waals surface area contributed by atoms with Crippen LogP contribution < -0.4 is 0 Å². The van der Waals surface area contributed by atoms with E-state index < -0.39 is 5.97 Å². The Morgan fingerprint density at radius 3 is 2.54 bits per heavy atom. The van der Waals surface area contributed by atoms with Crippen LogP contribution in [0.1, 0.15) is 41.9 Å². The standard InChI is InChI=1S/C18H23N3O3/c1-4-13(2)20(12-17(22)23)18(24)16-10-19-21(14(16)3)11-15-8-6-5-7-9-15/h5-10,13H,4,11-12H2,1-3H3,(H,22,23). The van der Waals surface area contributed by atoms with E-state index in [9.17, 15) is 9.59 Å². The van der Waals surface area contributed by atoms with Crippen LogP contribution in [-0.4, -0.2) is 44.3 Å². The summed E-state index contributed by atoms with van der Waals surface area (Å²) in [5.41, 5.74) is 2.28. The number of carboxylic acids is 1. The Balaban J connectivity index is 2.24. The lowest BCUT2D eigenvalue weighted by molar-refractivity contribution is -0.138. The third-order valence-corrected chi connectivity index (χ3v) is 4.20. The van der Waals surface area contributed by atoms with Gasteiger partial charge in [0.1, 0.15) is 6.54 Å². The maximum Gasteiger partial charge on any atom is 0.323 e. The van der Waals surface area contributed by atoms with Crippen molar-refractivity contribution in [2.75, 3.05) is 6.54 Å². The predicted molar refractivity (Wildman–Crippen MR) is 90.9 cm³/mol. The molecule has 6 heteroatoms. The van der Waals surface area contributed by atoms with E-state index in [1.807, 2.05) is 51.1 Å². The van der Waals surface area contributed by atoms with Crippen LogP contribution in [0.4, 0.5) is 0 Å². The summed E-state index contributed by atoms with van der Waals surface area (Å²) in [6.07, 6.45) is 2.22. The number of amides is 1. The van der Waals surface area contributed by atoms with Crippen LogP contribution in [0.3, 0.4) is 0 Å². The lowest BCUT2D eigenvalue weighted by Gasteiger charge is -2.26. The van der Waals surface area contributed by atoms with Crippen LogP contribution in [-0.2, 0) is 11.3 Å². The molecule has 1 aromatic carbocycles. The average molecular weight is 329 g/mol. The van der Waals surface area contributed by atoms with Crippen molar-refractivity contribution in [3.8, 4) is 0 Å². The van der Waals surface area contributed by atoms with Crippen LogP contribution in [0, 0.1) is 6.92 Å². The van der Waals surface area contributed by atoms with Gasteiger partial charge in [0.05, 0.1) is 18.3 Å². The number of aromatic nitrogens is 2. The Labute approximate surface area is 141 Å². The normalized spacial score (nSPS) is 12.0. The number of hydrogen-bond acceptors (Lipinski definition) is 3. The quantitative estimate of drug-likeness (QED) is 0.847. The zero-order valence-electron chi connectivity index (χ0n) is 14.3. The van der Waals surface area contributed by atoms with E-state index >= 15 is 0 Å². The molecule has 0 saturated carbocycles. The summed E-state index contributed by atoms with van der Waals surface area (Å²) in [5, 5.41) is 13.4. The van der Waals surface area contributed by atoms with Gasteiger partial charge in [-0.05, 0) is 25.8 Å². The molecule has 1 heterocycles. The molecule has 1 atom stereocenters. The van der Waals surface area contributed by atoms with E-state index in [1.54, 1.807) is 4.68 Å². The highest BCUT2D eigenvalue weighted by Gasteiger charge is 2.25. The fourth-order valence-electron chi connectivity index (χ4n) is 2.52. The Morgan fingerprint density at radius 2 is 1.96 bits per heavy atom. The number of carbonyl (C=O) groups is 2. The van der Waals surface area contributed by atoms with Crippen LogP contribution in [0.25, 0.3) is 0 Å². The SMILES string of the molecule is CCC(C)N(CC(=O)O)C(=O)c1cnn(Cc2ccccc2)c1C. The van der Waals surface area contributed by atoms with Crippen molar-refractivity contribution >= 4 is 11.9 Å². The van der Waals surface area contributed by atoms with Gasteiger partial charge in [0.2, 0.25) is 0 Å². The Kier molecular flexibility index (Phi) is 5.73. The average Bonchev–Trinajstić information content (AvgIpc) is 2.93. The van der Waals surface area contributed by atoms with E-state index in [4.69, 9.17) is 5.11 Å². The molecule has 0 aliphatic carbocycles.